The van der Waals surface area contributed by atoms with Crippen molar-refractivity contribution < 1.29 is 14.7 Å². The van der Waals surface area contributed by atoms with Crippen LogP contribution in [0.3, 0.4) is 0 Å². The van der Waals surface area contributed by atoms with E-state index in [0.717, 1.165) is 12.8 Å². The first-order chi connectivity index (χ1) is 9.26. The van der Waals surface area contributed by atoms with Crippen molar-refractivity contribution in [3.63, 3.8) is 0 Å². The molecule has 2 atom stereocenters. The summed E-state index contributed by atoms with van der Waals surface area (Å²) < 4.78 is 0. The van der Waals surface area contributed by atoms with Gasteiger partial charge in [-0.1, -0.05) is 20.8 Å². The van der Waals surface area contributed by atoms with Gasteiger partial charge in [0.2, 0.25) is 5.91 Å². The normalized spacial score (nSPS) is 15.7. The van der Waals surface area contributed by atoms with E-state index in [2.05, 4.69) is 19.2 Å². The number of carboxylic acid groups (broad SMARTS) is 1. The summed E-state index contributed by atoms with van der Waals surface area (Å²) in [6, 6.07) is 0. The Labute approximate surface area is 122 Å². The van der Waals surface area contributed by atoms with Crippen molar-refractivity contribution in [1.82, 2.24) is 5.32 Å². The number of carboxylic acids is 1. The van der Waals surface area contributed by atoms with Gasteiger partial charge in [0.25, 0.3) is 0 Å². The van der Waals surface area contributed by atoms with Crippen LogP contribution in [0.1, 0.15) is 53.4 Å². The van der Waals surface area contributed by atoms with Crippen LogP contribution < -0.4 is 11.1 Å². The fraction of sp³-hybridized carbons (Fsp3) is 0.867. The Hall–Kier alpha value is -1.10. The van der Waals surface area contributed by atoms with Crippen LogP contribution in [0.15, 0.2) is 0 Å². The predicted octanol–water partition coefficient (Wildman–Crippen LogP) is 2.00. The van der Waals surface area contributed by atoms with E-state index in [0.29, 0.717) is 31.2 Å². The number of carbonyl (C=O) groups excluding carboxylic acids is 1. The maximum absolute atomic E-state index is 11.8. The highest BCUT2D eigenvalue weighted by atomic mass is 16.4. The minimum absolute atomic E-state index is 0.0754. The van der Waals surface area contributed by atoms with E-state index in [1.54, 1.807) is 6.92 Å². The van der Waals surface area contributed by atoms with E-state index in [1.807, 2.05) is 6.92 Å². The molecule has 5 nitrogen and oxygen atoms in total. The molecule has 0 aliphatic rings. The van der Waals surface area contributed by atoms with E-state index in [9.17, 15) is 9.59 Å². The first-order valence-electron chi connectivity index (χ1n) is 7.47. The maximum atomic E-state index is 11.8. The quantitative estimate of drug-likeness (QED) is 0.572. The lowest BCUT2D eigenvalue weighted by Gasteiger charge is -2.24. The van der Waals surface area contributed by atoms with Crippen LogP contribution in [-0.4, -0.2) is 30.1 Å². The average Bonchev–Trinajstić information content (AvgIpc) is 2.40. The summed E-state index contributed by atoms with van der Waals surface area (Å²) in [5, 5.41) is 11.9. The molecule has 1 amide bonds. The van der Waals surface area contributed by atoms with E-state index in [1.165, 1.54) is 0 Å². The van der Waals surface area contributed by atoms with Gasteiger partial charge in [-0.3, -0.25) is 9.59 Å². The Balaban J connectivity index is 4.20. The van der Waals surface area contributed by atoms with E-state index >= 15 is 0 Å². The third kappa shape index (κ3) is 6.37. The van der Waals surface area contributed by atoms with Gasteiger partial charge in [-0.05, 0) is 44.6 Å². The highest BCUT2D eigenvalue weighted by Crippen LogP contribution is 2.22. The predicted molar refractivity (Wildman–Crippen MR) is 80.3 cm³/mol. The number of nitrogens with two attached hydrogens (primary N) is 1. The number of nitrogens with one attached hydrogen (secondary N) is 1. The minimum atomic E-state index is -0.885. The molecule has 0 aromatic rings. The van der Waals surface area contributed by atoms with Crippen LogP contribution in [0.5, 0.6) is 0 Å². The lowest BCUT2D eigenvalue weighted by atomic mass is 9.87. The number of hydrogen-bond donors (Lipinski definition) is 3. The van der Waals surface area contributed by atoms with Crippen LogP contribution in [-0.2, 0) is 9.59 Å². The summed E-state index contributed by atoms with van der Waals surface area (Å²) in [5.41, 5.74) is 4.69. The molecule has 0 radical (unpaired) electrons. The molecular weight excluding hydrogens is 256 g/mol. The van der Waals surface area contributed by atoms with Crippen LogP contribution in [0.2, 0.25) is 0 Å². The van der Waals surface area contributed by atoms with Crippen molar-refractivity contribution in [2.75, 3.05) is 13.1 Å². The smallest absolute Gasteiger partial charge is 0.311 e. The zero-order chi connectivity index (χ0) is 15.8. The van der Waals surface area contributed by atoms with Crippen LogP contribution in [0, 0.1) is 17.3 Å². The zero-order valence-corrected chi connectivity index (χ0v) is 13.2. The van der Waals surface area contributed by atoms with Crippen molar-refractivity contribution in [1.29, 1.82) is 0 Å². The van der Waals surface area contributed by atoms with Crippen molar-refractivity contribution in [3.05, 3.63) is 0 Å². The molecular formula is C15H30N2O3. The SMILES string of the molecule is CCC(C)(CNC(=O)CCC(CCN)C(C)C)C(=O)O. The molecule has 4 N–H and O–H groups in total. The molecule has 0 aliphatic carbocycles. The van der Waals surface area contributed by atoms with Crippen LogP contribution in [0.4, 0.5) is 0 Å². The second-order valence-electron chi connectivity index (χ2n) is 6.12. The Bertz CT molecular complexity index is 318. The van der Waals surface area contributed by atoms with E-state index < -0.39 is 11.4 Å². The molecule has 0 aromatic heterocycles. The largest absolute Gasteiger partial charge is 0.481 e. The number of amides is 1. The van der Waals surface area contributed by atoms with Gasteiger partial charge in [0.1, 0.15) is 0 Å². The summed E-state index contributed by atoms with van der Waals surface area (Å²) in [7, 11) is 0. The minimum Gasteiger partial charge on any atom is -0.481 e. The van der Waals surface area contributed by atoms with Crippen molar-refractivity contribution in [2.24, 2.45) is 23.0 Å². The summed E-state index contributed by atoms with van der Waals surface area (Å²) in [6.07, 6.45) is 2.65. The summed E-state index contributed by atoms with van der Waals surface area (Å²) in [6.45, 7) is 8.56. The molecule has 0 bridgehead atoms. The van der Waals surface area contributed by atoms with Crippen LogP contribution >= 0.6 is 0 Å². The van der Waals surface area contributed by atoms with Crippen molar-refractivity contribution in [3.8, 4) is 0 Å². The highest BCUT2D eigenvalue weighted by molar-refractivity contribution is 5.78. The molecule has 0 fully saturated rings. The number of carbonyl (C=O) groups is 2. The monoisotopic (exact) mass is 286 g/mol. The first kappa shape index (κ1) is 18.9. The van der Waals surface area contributed by atoms with Gasteiger partial charge in [0.15, 0.2) is 0 Å². The molecule has 0 rings (SSSR count). The van der Waals surface area contributed by atoms with Crippen molar-refractivity contribution >= 4 is 11.9 Å². The Morgan fingerprint density at radius 2 is 1.90 bits per heavy atom. The summed E-state index contributed by atoms with van der Waals surface area (Å²) >= 11 is 0. The molecule has 0 aromatic carbocycles. The second-order valence-corrected chi connectivity index (χ2v) is 6.12. The molecule has 20 heavy (non-hydrogen) atoms. The second kappa shape index (κ2) is 8.95. The summed E-state index contributed by atoms with van der Waals surface area (Å²) in [5.74, 6) is 0.00569. The Morgan fingerprint density at radius 1 is 1.30 bits per heavy atom. The summed E-state index contributed by atoms with van der Waals surface area (Å²) in [4.78, 5) is 23.0. The van der Waals surface area contributed by atoms with Gasteiger partial charge in [-0.2, -0.15) is 0 Å². The van der Waals surface area contributed by atoms with E-state index in [4.69, 9.17) is 10.8 Å². The number of aliphatic carboxylic acids is 1. The van der Waals surface area contributed by atoms with Gasteiger partial charge >= 0.3 is 5.97 Å². The topological polar surface area (TPSA) is 92.4 Å². The third-order valence-corrected chi connectivity index (χ3v) is 4.19. The molecule has 5 heteroatoms. The van der Waals surface area contributed by atoms with Gasteiger partial charge in [0, 0.05) is 13.0 Å². The van der Waals surface area contributed by atoms with E-state index in [-0.39, 0.29) is 12.5 Å². The van der Waals surface area contributed by atoms with Crippen molar-refractivity contribution in [2.45, 2.75) is 53.4 Å². The Kier molecular flexibility index (Phi) is 8.46. The Morgan fingerprint density at radius 3 is 2.30 bits per heavy atom. The molecule has 0 heterocycles. The lowest BCUT2D eigenvalue weighted by Crippen LogP contribution is -2.40. The molecule has 0 saturated heterocycles. The van der Waals surface area contributed by atoms with Crippen LogP contribution in [0.25, 0.3) is 0 Å². The highest BCUT2D eigenvalue weighted by Gasteiger charge is 2.31. The van der Waals surface area contributed by atoms with Gasteiger partial charge in [-0.25, -0.2) is 0 Å². The number of rotatable bonds is 10. The fourth-order valence-corrected chi connectivity index (χ4v) is 2.08. The van der Waals surface area contributed by atoms with Gasteiger partial charge < -0.3 is 16.2 Å². The molecule has 0 spiro atoms. The zero-order valence-electron chi connectivity index (χ0n) is 13.2. The molecule has 2 unspecified atom stereocenters. The standard InChI is InChI=1S/C15H30N2O3/c1-5-15(4,14(19)20)10-17-13(18)7-6-12(8-9-16)11(2)3/h11-12H,5-10,16H2,1-4H3,(H,17,18)(H,19,20). The molecule has 0 saturated carbocycles. The fourth-order valence-electron chi connectivity index (χ4n) is 2.08. The van der Waals surface area contributed by atoms with Gasteiger partial charge in [0.05, 0.1) is 5.41 Å². The maximum Gasteiger partial charge on any atom is 0.311 e. The number of hydrogen-bond acceptors (Lipinski definition) is 3. The first-order valence-corrected chi connectivity index (χ1v) is 7.47. The average molecular weight is 286 g/mol. The molecule has 118 valence electrons. The lowest BCUT2D eigenvalue weighted by molar-refractivity contribution is -0.148. The third-order valence-electron chi connectivity index (χ3n) is 4.19. The molecule has 0 aliphatic heterocycles. The van der Waals surface area contributed by atoms with Gasteiger partial charge in [-0.15, -0.1) is 0 Å².